The van der Waals surface area contributed by atoms with Crippen LogP contribution in [0.3, 0.4) is 0 Å². The van der Waals surface area contributed by atoms with E-state index in [4.69, 9.17) is 0 Å². The molecule has 3 rings (SSSR count). The van der Waals surface area contributed by atoms with Gasteiger partial charge in [-0.3, -0.25) is 14.5 Å². The van der Waals surface area contributed by atoms with Gasteiger partial charge in [0.05, 0.1) is 0 Å². The molecule has 122 valence electrons. The van der Waals surface area contributed by atoms with Crippen molar-refractivity contribution in [1.29, 1.82) is 0 Å². The molecule has 2 aliphatic heterocycles. The van der Waals surface area contributed by atoms with Gasteiger partial charge >= 0.3 is 6.03 Å². The van der Waals surface area contributed by atoms with Gasteiger partial charge in [-0.1, -0.05) is 12.8 Å². The molecule has 0 aromatic carbocycles. The van der Waals surface area contributed by atoms with Gasteiger partial charge in [-0.2, -0.15) is 0 Å². The van der Waals surface area contributed by atoms with Crippen LogP contribution < -0.4 is 16.0 Å². The van der Waals surface area contributed by atoms with Crippen molar-refractivity contribution in [3.05, 3.63) is 0 Å². The van der Waals surface area contributed by atoms with E-state index >= 15 is 0 Å². The summed E-state index contributed by atoms with van der Waals surface area (Å²) in [7, 11) is 0. The number of nitrogens with one attached hydrogen (secondary N) is 3. The van der Waals surface area contributed by atoms with E-state index in [0.29, 0.717) is 25.4 Å². The Labute approximate surface area is 130 Å². The fourth-order valence-corrected chi connectivity index (χ4v) is 3.67. The molecule has 0 bridgehead atoms. The molecule has 1 saturated carbocycles. The zero-order valence-corrected chi connectivity index (χ0v) is 12.8. The van der Waals surface area contributed by atoms with Crippen LogP contribution in [-0.4, -0.2) is 54.0 Å². The predicted molar refractivity (Wildman–Crippen MR) is 80.1 cm³/mol. The average molecular weight is 308 g/mol. The average Bonchev–Trinajstić information content (AvgIpc) is 3.20. The maximum absolute atomic E-state index is 12.4. The molecule has 0 aromatic heterocycles. The molecular formula is C15H24N4O3. The Bertz CT molecular complexity index is 467. The van der Waals surface area contributed by atoms with Gasteiger partial charge in [0.1, 0.15) is 5.54 Å². The largest absolute Gasteiger partial charge is 0.354 e. The standard InChI is InChI=1S/C15H24N4O3/c20-12(17-10-11-4-3-8-16-11)5-9-19-13(21)15(18-14(19)22)6-1-2-7-15/h11,16H,1-10H2,(H,17,20)(H,18,22). The molecule has 22 heavy (non-hydrogen) atoms. The number of hydrogen-bond acceptors (Lipinski definition) is 4. The number of rotatable bonds is 5. The quantitative estimate of drug-likeness (QED) is 0.629. The summed E-state index contributed by atoms with van der Waals surface area (Å²) < 4.78 is 0. The van der Waals surface area contributed by atoms with Crippen LogP contribution in [0.1, 0.15) is 44.9 Å². The van der Waals surface area contributed by atoms with Crippen LogP contribution in [-0.2, 0) is 9.59 Å². The molecule has 1 atom stereocenters. The van der Waals surface area contributed by atoms with E-state index in [2.05, 4.69) is 16.0 Å². The van der Waals surface area contributed by atoms with Crippen LogP contribution in [0.2, 0.25) is 0 Å². The molecule has 7 nitrogen and oxygen atoms in total. The number of urea groups is 1. The first kappa shape index (κ1) is 15.3. The van der Waals surface area contributed by atoms with Gasteiger partial charge in [-0.25, -0.2) is 4.79 Å². The summed E-state index contributed by atoms with van der Waals surface area (Å²) in [5.41, 5.74) is -0.679. The molecule has 0 radical (unpaired) electrons. The molecule has 0 aromatic rings. The summed E-state index contributed by atoms with van der Waals surface area (Å²) in [6.07, 6.45) is 5.76. The third-order valence-electron chi connectivity index (χ3n) is 4.97. The summed E-state index contributed by atoms with van der Waals surface area (Å²) in [6.45, 7) is 1.78. The Morgan fingerprint density at radius 3 is 2.73 bits per heavy atom. The van der Waals surface area contributed by atoms with Crippen LogP contribution in [0.25, 0.3) is 0 Å². The van der Waals surface area contributed by atoms with Crippen molar-refractivity contribution in [1.82, 2.24) is 20.9 Å². The van der Waals surface area contributed by atoms with Crippen molar-refractivity contribution in [2.75, 3.05) is 19.6 Å². The van der Waals surface area contributed by atoms with Gasteiger partial charge in [0.2, 0.25) is 5.91 Å². The van der Waals surface area contributed by atoms with Crippen LogP contribution in [0.15, 0.2) is 0 Å². The number of carbonyl (C=O) groups excluding carboxylic acids is 3. The van der Waals surface area contributed by atoms with Crippen molar-refractivity contribution in [2.45, 2.75) is 56.5 Å². The lowest BCUT2D eigenvalue weighted by Gasteiger charge is -2.20. The number of amides is 4. The highest BCUT2D eigenvalue weighted by Crippen LogP contribution is 2.34. The van der Waals surface area contributed by atoms with Crippen molar-refractivity contribution >= 4 is 17.8 Å². The molecule has 2 saturated heterocycles. The highest BCUT2D eigenvalue weighted by Gasteiger charge is 2.52. The minimum absolute atomic E-state index is 0.110. The fourth-order valence-electron chi connectivity index (χ4n) is 3.67. The highest BCUT2D eigenvalue weighted by atomic mass is 16.2. The zero-order chi connectivity index (χ0) is 15.6. The monoisotopic (exact) mass is 308 g/mol. The lowest BCUT2D eigenvalue weighted by atomic mass is 9.98. The van der Waals surface area contributed by atoms with Gasteiger partial charge in [0.25, 0.3) is 5.91 Å². The zero-order valence-electron chi connectivity index (χ0n) is 12.8. The maximum atomic E-state index is 12.4. The second kappa shape index (κ2) is 6.24. The second-order valence-corrected chi connectivity index (χ2v) is 6.52. The number of hydrogen-bond donors (Lipinski definition) is 3. The molecule has 1 aliphatic carbocycles. The van der Waals surface area contributed by atoms with Gasteiger partial charge < -0.3 is 16.0 Å². The number of imide groups is 1. The summed E-state index contributed by atoms with van der Waals surface area (Å²) in [5, 5.41) is 9.01. The van der Waals surface area contributed by atoms with Gasteiger partial charge in [-0.15, -0.1) is 0 Å². The number of nitrogens with zero attached hydrogens (tertiary/aromatic N) is 1. The van der Waals surface area contributed by atoms with Gasteiger partial charge in [0.15, 0.2) is 0 Å². The van der Waals surface area contributed by atoms with Crippen molar-refractivity contribution in [3.63, 3.8) is 0 Å². The minimum atomic E-state index is -0.679. The van der Waals surface area contributed by atoms with E-state index in [-0.39, 0.29) is 30.8 Å². The van der Waals surface area contributed by atoms with Crippen LogP contribution in [0.5, 0.6) is 0 Å². The normalized spacial score (nSPS) is 26.7. The Balaban J connectivity index is 1.45. The molecule has 1 unspecified atom stereocenters. The van der Waals surface area contributed by atoms with Crippen molar-refractivity contribution in [3.8, 4) is 0 Å². The molecule has 2 heterocycles. The summed E-state index contributed by atoms with van der Waals surface area (Å²) >= 11 is 0. The fraction of sp³-hybridized carbons (Fsp3) is 0.800. The first-order chi connectivity index (χ1) is 10.6. The van der Waals surface area contributed by atoms with E-state index in [0.717, 1.165) is 32.2 Å². The summed E-state index contributed by atoms with van der Waals surface area (Å²) in [4.78, 5) is 37.5. The predicted octanol–water partition coefficient (Wildman–Crippen LogP) is 0.109. The van der Waals surface area contributed by atoms with Gasteiger partial charge in [0, 0.05) is 25.6 Å². The number of carbonyl (C=O) groups is 3. The first-order valence-electron chi connectivity index (χ1n) is 8.25. The SMILES string of the molecule is O=C(CCN1C(=O)NC2(CCCC2)C1=O)NCC1CCCN1. The summed E-state index contributed by atoms with van der Waals surface area (Å²) in [5.74, 6) is -0.262. The van der Waals surface area contributed by atoms with Gasteiger partial charge in [-0.05, 0) is 32.2 Å². The van der Waals surface area contributed by atoms with Crippen molar-refractivity contribution < 1.29 is 14.4 Å². The Kier molecular flexibility index (Phi) is 4.33. The van der Waals surface area contributed by atoms with E-state index in [1.165, 1.54) is 4.90 Å². The third kappa shape index (κ3) is 2.95. The molecule has 7 heteroatoms. The molecule has 1 spiro atoms. The van der Waals surface area contributed by atoms with Crippen LogP contribution in [0, 0.1) is 0 Å². The molecule has 4 amide bonds. The minimum Gasteiger partial charge on any atom is -0.354 e. The second-order valence-electron chi connectivity index (χ2n) is 6.52. The Morgan fingerprint density at radius 1 is 1.27 bits per heavy atom. The lowest BCUT2D eigenvalue weighted by molar-refractivity contribution is -0.131. The smallest absolute Gasteiger partial charge is 0.325 e. The van der Waals surface area contributed by atoms with Crippen LogP contribution in [0.4, 0.5) is 4.79 Å². The molecule has 3 N–H and O–H groups in total. The topological polar surface area (TPSA) is 90.5 Å². The lowest BCUT2D eigenvalue weighted by Crippen LogP contribution is -2.44. The summed E-state index contributed by atoms with van der Waals surface area (Å²) in [6, 6.07) is -0.000384. The van der Waals surface area contributed by atoms with E-state index < -0.39 is 5.54 Å². The Hall–Kier alpha value is -1.63. The highest BCUT2D eigenvalue weighted by molar-refractivity contribution is 6.07. The molecule has 3 aliphatic rings. The van der Waals surface area contributed by atoms with Crippen molar-refractivity contribution in [2.24, 2.45) is 0 Å². The first-order valence-corrected chi connectivity index (χ1v) is 8.25. The van der Waals surface area contributed by atoms with E-state index in [9.17, 15) is 14.4 Å². The molecular weight excluding hydrogens is 284 g/mol. The third-order valence-corrected chi connectivity index (χ3v) is 4.97. The Morgan fingerprint density at radius 2 is 2.05 bits per heavy atom. The maximum Gasteiger partial charge on any atom is 0.325 e. The van der Waals surface area contributed by atoms with E-state index in [1.54, 1.807) is 0 Å². The van der Waals surface area contributed by atoms with E-state index in [1.807, 2.05) is 0 Å². The van der Waals surface area contributed by atoms with Crippen LogP contribution >= 0.6 is 0 Å². The molecule has 3 fully saturated rings.